The first-order valence-electron chi connectivity index (χ1n) is 8.12. The minimum Gasteiger partial charge on any atom is -0.489 e. The summed E-state index contributed by atoms with van der Waals surface area (Å²) in [5, 5.41) is 3.09. The fourth-order valence-corrected chi connectivity index (χ4v) is 2.70. The summed E-state index contributed by atoms with van der Waals surface area (Å²) in [6, 6.07) is 4.53. The molecule has 0 saturated heterocycles. The highest BCUT2D eigenvalue weighted by Crippen LogP contribution is 2.35. The first kappa shape index (κ1) is 18.7. The maximum Gasteiger partial charge on any atom is 0.255 e. The Balaban J connectivity index is 1.81. The standard InChI is InChI=1S/C18H17Cl2FN2O3/c1-10(21)26-15-5-4-12(6-16(15)25-9-11-2-3-11)18(24)23-17-13(19)7-22-8-14(17)20/h4-8,10-11H,2-3,9H2,1H3,(H,22,23,24). The molecule has 1 heterocycles. The molecule has 1 aromatic heterocycles. The van der Waals surface area contributed by atoms with E-state index in [4.69, 9.17) is 32.7 Å². The Labute approximate surface area is 160 Å². The lowest BCUT2D eigenvalue weighted by Crippen LogP contribution is -2.14. The lowest BCUT2D eigenvalue weighted by atomic mass is 10.2. The molecule has 1 unspecified atom stereocenters. The second kappa shape index (κ2) is 8.10. The highest BCUT2D eigenvalue weighted by molar-refractivity contribution is 6.39. The second-order valence-corrected chi connectivity index (χ2v) is 6.82. The number of alkyl halides is 1. The van der Waals surface area contributed by atoms with Gasteiger partial charge >= 0.3 is 0 Å². The number of nitrogens with zero attached hydrogens (tertiary/aromatic N) is 1. The van der Waals surface area contributed by atoms with E-state index in [0.717, 1.165) is 12.8 Å². The molecule has 3 rings (SSSR count). The van der Waals surface area contributed by atoms with Crippen LogP contribution in [-0.2, 0) is 0 Å². The number of benzene rings is 1. The van der Waals surface area contributed by atoms with Crippen molar-refractivity contribution in [1.29, 1.82) is 0 Å². The van der Waals surface area contributed by atoms with E-state index in [9.17, 15) is 9.18 Å². The fourth-order valence-electron chi connectivity index (χ4n) is 2.24. The van der Waals surface area contributed by atoms with E-state index in [0.29, 0.717) is 23.8 Å². The van der Waals surface area contributed by atoms with Crippen LogP contribution in [0.1, 0.15) is 30.1 Å². The zero-order valence-corrected chi connectivity index (χ0v) is 15.5. The molecule has 1 atom stereocenters. The Morgan fingerprint density at radius 1 is 1.31 bits per heavy atom. The number of anilines is 1. The molecule has 1 fully saturated rings. The number of ether oxygens (including phenoxy) is 2. The summed E-state index contributed by atoms with van der Waals surface area (Å²) in [6.45, 7) is 1.78. The third-order valence-corrected chi connectivity index (χ3v) is 4.33. The average molecular weight is 399 g/mol. The minimum absolute atomic E-state index is 0.224. The molecule has 26 heavy (non-hydrogen) atoms. The lowest BCUT2D eigenvalue weighted by molar-refractivity contribution is 0.0812. The Morgan fingerprint density at radius 3 is 2.62 bits per heavy atom. The van der Waals surface area contributed by atoms with Gasteiger partial charge in [-0.25, -0.2) is 4.39 Å². The van der Waals surface area contributed by atoms with E-state index in [-0.39, 0.29) is 21.5 Å². The number of carbonyl (C=O) groups is 1. The average Bonchev–Trinajstić information content (AvgIpc) is 3.41. The lowest BCUT2D eigenvalue weighted by Gasteiger charge is -2.15. The Hall–Kier alpha value is -2.05. The number of carbonyl (C=O) groups excluding carboxylic acids is 1. The molecule has 0 spiro atoms. The van der Waals surface area contributed by atoms with Gasteiger partial charge < -0.3 is 14.8 Å². The predicted octanol–water partition coefficient (Wildman–Crippen LogP) is 5.12. The monoisotopic (exact) mass is 398 g/mol. The fraction of sp³-hybridized carbons (Fsp3) is 0.333. The molecule has 1 N–H and O–H groups in total. The van der Waals surface area contributed by atoms with Gasteiger partial charge in [0, 0.05) is 24.9 Å². The van der Waals surface area contributed by atoms with E-state index in [1.807, 2.05) is 0 Å². The number of hydrogen-bond acceptors (Lipinski definition) is 4. The Morgan fingerprint density at radius 2 is 2.00 bits per heavy atom. The Kier molecular flexibility index (Phi) is 5.84. The molecule has 0 bridgehead atoms. The first-order valence-corrected chi connectivity index (χ1v) is 8.87. The molecule has 0 radical (unpaired) electrons. The third kappa shape index (κ3) is 4.77. The molecule has 1 aliphatic rings. The molecular weight excluding hydrogens is 382 g/mol. The van der Waals surface area contributed by atoms with Gasteiger partial charge in [0.2, 0.25) is 6.36 Å². The van der Waals surface area contributed by atoms with Crippen LogP contribution in [0.25, 0.3) is 0 Å². The van der Waals surface area contributed by atoms with Crippen molar-refractivity contribution in [3.8, 4) is 11.5 Å². The quantitative estimate of drug-likeness (QED) is 0.702. The third-order valence-electron chi connectivity index (χ3n) is 3.76. The van der Waals surface area contributed by atoms with E-state index < -0.39 is 12.3 Å². The van der Waals surface area contributed by atoms with Crippen molar-refractivity contribution in [3.63, 3.8) is 0 Å². The van der Waals surface area contributed by atoms with Crippen LogP contribution in [-0.4, -0.2) is 23.9 Å². The molecule has 1 aliphatic carbocycles. The van der Waals surface area contributed by atoms with Gasteiger partial charge in [-0.3, -0.25) is 9.78 Å². The van der Waals surface area contributed by atoms with Crippen LogP contribution in [0, 0.1) is 5.92 Å². The summed E-state index contributed by atoms with van der Waals surface area (Å²) in [4.78, 5) is 16.4. The molecular formula is C18H17Cl2FN2O3. The van der Waals surface area contributed by atoms with Crippen molar-refractivity contribution in [2.45, 2.75) is 26.1 Å². The van der Waals surface area contributed by atoms with Crippen molar-refractivity contribution >= 4 is 34.8 Å². The van der Waals surface area contributed by atoms with E-state index in [2.05, 4.69) is 10.3 Å². The van der Waals surface area contributed by atoms with Gasteiger partial charge in [-0.05, 0) is 37.0 Å². The molecule has 5 nitrogen and oxygen atoms in total. The van der Waals surface area contributed by atoms with Gasteiger partial charge in [-0.2, -0.15) is 0 Å². The van der Waals surface area contributed by atoms with Gasteiger partial charge in [0.25, 0.3) is 5.91 Å². The number of rotatable bonds is 7. The first-order chi connectivity index (χ1) is 12.4. The van der Waals surface area contributed by atoms with Crippen molar-refractivity contribution < 1.29 is 18.7 Å². The maximum absolute atomic E-state index is 13.2. The molecule has 138 valence electrons. The molecule has 1 saturated carbocycles. The molecule has 0 aliphatic heterocycles. The normalized spacial score (nSPS) is 14.6. The molecule has 1 aromatic carbocycles. The van der Waals surface area contributed by atoms with Crippen LogP contribution in [0.2, 0.25) is 10.0 Å². The van der Waals surface area contributed by atoms with E-state index >= 15 is 0 Å². The van der Waals surface area contributed by atoms with Gasteiger partial charge in [-0.15, -0.1) is 0 Å². The Bertz CT molecular complexity index is 793. The summed E-state index contributed by atoms with van der Waals surface area (Å²) in [6.07, 6.45) is 3.48. The number of nitrogens with one attached hydrogen (secondary N) is 1. The van der Waals surface area contributed by atoms with Crippen molar-refractivity contribution in [1.82, 2.24) is 4.98 Å². The number of halogens is 3. The number of aromatic nitrogens is 1. The van der Waals surface area contributed by atoms with Crippen LogP contribution in [0.5, 0.6) is 11.5 Å². The van der Waals surface area contributed by atoms with Crippen LogP contribution in [0.4, 0.5) is 10.1 Å². The van der Waals surface area contributed by atoms with Gasteiger partial charge in [0.1, 0.15) is 0 Å². The summed E-state index contributed by atoms with van der Waals surface area (Å²) >= 11 is 12.0. The predicted molar refractivity (Wildman–Crippen MR) is 98.1 cm³/mol. The summed E-state index contributed by atoms with van der Waals surface area (Å²) in [5.41, 5.74) is 0.574. The number of hydrogen-bond donors (Lipinski definition) is 1. The zero-order valence-electron chi connectivity index (χ0n) is 14.0. The largest absolute Gasteiger partial charge is 0.489 e. The van der Waals surface area contributed by atoms with Crippen molar-refractivity contribution in [3.05, 3.63) is 46.2 Å². The van der Waals surface area contributed by atoms with Crippen LogP contribution >= 0.6 is 23.2 Å². The smallest absolute Gasteiger partial charge is 0.255 e. The highest BCUT2D eigenvalue weighted by atomic mass is 35.5. The molecule has 8 heteroatoms. The summed E-state index contributed by atoms with van der Waals surface area (Å²) in [5.74, 6) is 0.631. The van der Waals surface area contributed by atoms with Crippen LogP contribution in [0.15, 0.2) is 30.6 Å². The van der Waals surface area contributed by atoms with E-state index in [1.54, 1.807) is 0 Å². The molecule has 1 amide bonds. The zero-order chi connectivity index (χ0) is 18.7. The maximum atomic E-state index is 13.2. The summed E-state index contributed by atoms with van der Waals surface area (Å²) < 4.78 is 24.1. The van der Waals surface area contributed by atoms with Gasteiger partial charge in [-0.1, -0.05) is 23.2 Å². The van der Waals surface area contributed by atoms with Crippen LogP contribution in [0.3, 0.4) is 0 Å². The van der Waals surface area contributed by atoms with Gasteiger partial charge in [0.05, 0.1) is 22.3 Å². The van der Waals surface area contributed by atoms with E-state index in [1.165, 1.54) is 37.5 Å². The summed E-state index contributed by atoms with van der Waals surface area (Å²) in [7, 11) is 0. The number of pyridine rings is 1. The number of amides is 1. The van der Waals surface area contributed by atoms with Crippen LogP contribution < -0.4 is 14.8 Å². The SMILES string of the molecule is CC(F)Oc1ccc(C(=O)Nc2c(Cl)cncc2Cl)cc1OCC1CC1. The van der Waals surface area contributed by atoms with Gasteiger partial charge in [0.15, 0.2) is 11.5 Å². The highest BCUT2D eigenvalue weighted by Gasteiger charge is 2.23. The topological polar surface area (TPSA) is 60.5 Å². The van der Waals surface area contributed by atoms with Crippen molar-refractivity contribution in [2.24, 2.45) is 5.92 Å². The van der Waals surface area contributed by atoms with Crippen molar-refractivity contribution in [2.75, 3.05) is 11.9 Å². The molecule has 2 aromatic rings. The second-order valence-electron chi connectivity index (χ2n) is 6.01. The minimum atomic E-state index is -1.49.